The van der Waals surface area contributed by atoms with E-state index in [0.717, 1.165) is 22.7 Å². The van der Waals surface area contributed by atoms with E-state index < -0.39 is 5.60 Å². The quantitative estimate of drug-likeness (QED) is 0.765. The Bertz CT molecular complexity index is 552. The fourth-order valence-electron chi connectivity index (χ4n) is 2.54. The summed E-state index contributed by atoms with van der Waals surface area (Å²) in [5.74, 6) is 1.01. The summed E-state index contributed by atoms with van der Waals surface area (Å²) in [4.78, 5) is 18.3. The van der Waals surface area contributed by atoms with Crippen LogP contribution in [0.4, 0.5) is 4.79 Å². The van der Waals surface area contributed by atoms with Crippen molar-refractivity contribution in [2.75, 3.05) is 27.0 Å². The molecule has 0 N–H and O–H groups in total. The maximum atomic E-state index is 12.0. The highest BCUT2D eigenvalue weighted by Gasteiger charge is 2.35. The zero-order valence-electron chi connectivity index (χ0n) is 16.8. The van der Waals surface area contributed by atoms with Gasteiger partial charge in [0, 0.05) is 31.8 Å². The summed E-state index contributed by atoms with van der Waals surface area (Å²) in [5, 5.41) is 0. The normalized spacial score (nSPS) is 14.3. The molecule has 25 heavy (non-hydrogen) atoms. The first-order chi connectivity index (χ1) is 11.7. The lowest BCUT2D eigenvalue weighted by molar-refractivity contribution is 0.00781. The lowest BCUT2D eigenvalue weighted by Crippen LogP contribution is -2.50. The van der Waals surface area contributed by atoms with E-state index in [4.69, 9.17) is 14.2 Å². The van der Waals surface area contributed by atoms with Crippen LogP contribution in [0.1, 0.15) is 57.5 Å². The van der Waals surface area contributed by atoms with Gasteiger partial charge in [0.2, 0.25) is 0 Å². The van der Waals surface area contributed by atoms with Gasteiger partial charge in [-0.1, -0.05) is 13.8 Å². The highest BCUT2D eigenvalue weighted by molar-refractivity contribution is 5.69. The first kappa shape index (κ1) is 21.2. The van der Waals surface area contributed by atoms with Gasteiger partial charge < -0.3 is 19.1 Å². The summed E-state index contributed by atoms with van der Waals surface area (Å²) in [5.41, 5.74) is 2.39. The van der Waals surface area contributed by atoms with Crippen molar-refractivity contribution in [1.29, 1.82) is 0 Å². The number of carbonyl (C=O) groups excluding carboxylic acids is 1. The summed E-state index contributed by atoms with van der Waals surface area (Å²) in [6.07, 6.45) is -0.262. The summed E-state index contributed by atoms with van der Waals surface area (Å²) < 4.78 is 15.9. The zero-order chi connectivity index (χ0) is 19.2. The van der Waals surface area contributed by atoms with Crippen LogP contribution in [0, 0.1) is 13.8 Å². The van der Waals surface area contributed by atoms with Crippen molar-refractivity contribution in [2.45, 2.75) is 60.0 Å². The lowest BCUT2D eigenvalue weighted by Gasteiger charge is -2.39. The van der Waals surface area contributed by atoms with E-state index >= 15 is 0 Å². The van der Waals surface area contributed by atoms with Crippen LogP contribution < -0.4 is 4.74 Å². The molecule has 6 nitrogen and oxygen atoms in total. The summed E-state index contributed by atoms with van der Waals surface area (Å²) in [6.45, 7) is 15.0. The van der Waals surface area contributed by atoms with Gasteiger partial charge in [0.05, 0.1) is 5.69 Å². The van der Waals surface area contributed by atoms with Gasteiger partial charge in [0.15, 0.2) is 6.79 Å². The third kappa shape index (κ3) is 5.88. The van der Waals surface area contributed by atoms with Gasteiger partial charge in [-0.15, -0.1) is 0 Å². The highest BCUT2D eigenvalue weighted by Crippen LogP contribution is 2.31. The minimum atomic E-state index is -0.464. The Morgan fingerprint density at radius 2 is 1.88 bits per heavy atom. The van der Waals surface area contributed by atoms with Gasteiger partial charge >= 0.3 is 6.09 Å². The van der Waals surface area contributed by atoms with Gasteiger partial charge in [-0.3, -0.25) is 4.98 Å². The maximum absolute atomic E-state index is 12.0. The fraction of sp³-hybridized carbons (Fsp3) is 0.684. The van der Waals surface area contributed by atoms with Crippen LogP contribution in [0.2, 0.25) is 0 Å². The van der Waals surface area contributed by atoms with E-state index in [1.54, 1.807) is 12.0 Å². The molecule has 0 aliphatic carbocycles. The van der Waals surface area contributed by atoms with Crippen LogP contribution in [0.3, 0.4) is 0 Å². The van der Waals surface area contributed by atoms with Crippen LogP contribution in [0.15, 0.2) is 6.07 Å². The number of nitrogens with zero attached hydrogens (tertiary/aromatic N) is 2. The molecule has 142 valence electrons. The number of rotatable bonds is 4. The van der Waals surface area contributed by atoms with E-state index in [1.807, 2.05) is 54.5 Å². The number of methoxy groups -OCH3 is 1. The molecule has 1 aliphatic rings. The lowest BCUT2D eigenvalue weighted by atomic mass is 9.95. The first-order valence-corrected chi connectivity index (χ1v) is 8.79. The Morgan fingerprint density at radius 3 is 2.36 bits per heavy atom. The van der Waals surface area contributed by atoms with E-state index in [0.29, 0.717) is 13.1 Å². The molecule has 0 unspecified atom stereocenters. The van der Waals surface area contributed by atoms with Crippen molar-refractivity contribution < 1.29 is 19.0 Å². The standard InChI is InChI=1S/C17H26N2O4.C2H6/c1-11-7-14(18-12(2)15(11)22-10-21-6)13-8-19(9-13)16(20)23-17(3,4)5;1-2/h7,13H,8-10H2,1-6H3;1-2H3. The van der Waals surface area contributed by atoms with Gasteiger partial charge in [-0.05, 0) is 46.2 Å². The minimum absolute atomic E-state index is 0.207. The average Bonchev–Trinajstić information content (AvgIpc) is 2.45. The third-order valence-electron chi connectivity index (χ3n) is 3.62. The molecule has 0 aromatic carbocycles. The smallest absolute Gasteiger partial charge is 0.410 e. The Kier molecular flexibility index (Phi) is 7.67. The van der Waals surface area contributed by atoms with Crippen LogP contribution in [0.5, 0.6) is 5.75 Å². The molecule has 0 bridgehead atoms. The molecule has 2 heterocycles. The number of ether oxygens (including phenoxy) is 3. The summed E-state index contributed by atoms with van der Waals surface area (Å²) in [7, 11) is 1.59. The average molecular weight is 352 g/mol. The van der Waals surface area contributed by atoms with Crippen LogP contribution in [-0.4, -0.2) is 48.6 Å². The second-order valence-corrected chi connectivity index (χ2v) is 6.91. The van der Waals surface area contributed by atoms with Gasteiger partial charge in [-0.2, -0.15) is 0 Å². The number of hydrogen-bond donors (Lipinski definition) is 0. The molecule has 0 atom stereocenters. The predicted molar refractivity (Wildman–Crippen MR) is 98.1 cm³/mol. The van der Waals surface area contributed by atoms with Crippen molar-refractivity contribution in [3.63, 3.8) is 0 Å². The number of hydrogen-bond acceptors (Lipinski definition) is 5. The number of pyridine rings is 1. The largest absolute Gasteiger partial charge is 0.465 e. The van der Waals surface area contributed by atoms with Crippen LogP contribution >= 0.6 is 0 Å². The van der Waals surface area contributed by atoms with Crippen molar-refractivity contribution in [3.05, 3.63) is 23.0 Å². The SMILES string of the molecule is CC.COCOc1c(C)cc(C2CN(C(=O)OC(C)(C)C)C2)nc1C. The van der Waals surface area contributed by atoms with Crippen molar-refractivity contribution in [3.8, 4) is 5.75 Å². The molecule has 0 radical (unpaired) electrons. The monoisotopic (exact) mass is 352 g/mol. The molecule has 1 saturated heterocycles. The fourth-order valence-corrected chi connectivity index (χ4v) is 2.54. The number of carbonyl (C=O) groups is 1. The summed E-state index contributed by atoms with van der Waals surface area (Å²) >= 11 is 0. The Labute approximate surface area is 151 Å². The molecule has 1 amide bonds. The Hall–Kier alpha value is -1.82. The molecular formula is C19H32N2O4. The van der Waals surface area contributed by atoms with E-state index in [-0.39, 0.29) is 18.8 Å². The molecule has 1 aliphatic heterocycles. The summed E-state index contributed by atoms with van der Waals surface area (Å²) in [6, 6.07) is 2.02. The van der Waals surface area contributed by atoms with E-state index in [9.17, 15) is 4.79 Å². The van der Waals surface area contributed by atoms with Crippen LogP contribution in [0.25, 0.3) is 0 Å². The Balaban J connectivity index is 0.00000151. The predicted octanol–water partition coefficient (Wildman–Crippen LogP) is 4.04. The Morgan fingerprint density at radius 1 is 1.28 bits per heavy atom. The van der Waals surface area contributed by atoms with Crippen LogP contribution in [-0.2, 0) is 9.47 Å². The molecule has 6 heteroatoms. The molecule has 1 aromatic heterocycles. The number of amides is 1. The molecule has 1 fully saturated rings. The second kappa shape index (κ2) is 9.04. The van der Waals surface area contributed by atoms with E-state index in [2.05, 4.69) is 4.98 Å². The molecule has 1 aromatic rings. The number of aryl methyl sites for hydroxylation is 2. The van der Waals surface area contributed by atoms with Gasteiger partial charge in [-0.25, -0.2) is 4.79 Å². The molecule has 2 rings (SSSR count). The third-order valence-corrected chi connectivity index (χ3v) is 3.62. The first-order valence-electron chi connectivity index (χ1n) is 8.79. The maximum Gasteiger partial charge on any atom is 0.410 e. The number of likely N-dealkylation sites (tertiary alicyclic amines) is 1. The van der Waals surface area contributed by atoms with E-state index in [1.165, 1.54) is 0 Å². The van der Waals surface area contributed by atoms with Crippen molar-refractivity contribution in [1.82, 2.24) is 9.88 Å². The van der Waals surface area contributed by atoms with Crippen molar-refractivity contribution in [2.24, 2.45) is 0 Å². The second-order valence-electron chi connectivity index (χ2n) is 6.91. The minimum Gasteiger partial charge on any atom is -0.465 e. The van der Waals surface area contributed by atoms with Gasteiger partial charge in [0.25, 0.3) is 0 Å². The van der Waals surface area contributed by atoms with Crippen molar-refractivity contribution >= 4 is 6.09 Å². The number of aromatic nitrogens is 1. The molecular weight excluding hydrogens is 320 g/mol. The zero-order valence-corrected chi connectivity index (χ0v) is 16.8. The molecule has 0 spiro atoms. The highest BCUT2D eigenvalue weighted by atomic mass is 16.7. The van der Waals surface area contributed by atoms with Gasteiger partial charge in [0.1, 0.15) is 11.4 Å². The topological polar surface area (TPSA) is 60.9 Å². The molecule has 0 saturated carbocycles.